The van der Waals surface area contributed by atoms with Gasteiger partial charge in [0.25, 0.3) is 0 Å². The van der Waals surface area contributed by atoms with E-state index in [0.717, 1.165) is 20.6 Å². The zero-order chi connectivity index (χ0) is 26.3. The maximum Gasteiger partial charge on any atom is 0.244 e. The minimum atomic E-state index is -3.87. The quantitative estimate of drug-likeness (QED) is 0.419. The van der Waals surface area contributed by atoms with Gasteiger partial charge in [-0.1, -0.05) is 54.0 Å². The summed E-state index contributed by atoms with van der Waals surface area (Å²) in [6.45, 7) is 6.99. The number of benzene rings is 2. The molecule has 35 heavy (non-hydrogen) atoms. The maximum absolute atomic E-state index is 13.5. The van der Waals surface area contributed by atoms with Gasteiger partial charge in [0.05, 0.1) is 11.9 Å². The van der Waals surface area contributed by atoms with Crippen molar-refractivity contribution in [1.82, 2.24) is 10.2 Å². The van der Waals surface area contributed by atoms with Crippen molar-refractivity contribution in [3.05, 3.63) is 64.1 Å². The van der Waals surface area contributed by atoms with E-state index in [1.54, 1.807) is 19.1 Å². The number of sulfonamides is 1. The fraction of sp³-hybridized carbons (Fsp3) is 0.400. The Labute approximate surface area is 215 Å². The van der Waals surface area contributed by atoms with Crippen molar-refractivity contribution in [3.63, 3.8) is 0 Å². The molecule has 0 spiro atoms. The van der Waals surface area contributed by atoms with Crippen molar-refractivity contribution in [2.45, 2.75) is 40.3 Å². The molecule has 0 aliphatic heterocycles. The van der Waals surface area contributed by atoms with E-state index in [0.29, 0.717) is 12.1 Å². The summed E-state index contributed by atoms with van der Waals surface area (Å²) in [5.74, 6) is -0.859. The predicted molar refractivity (Wildman–Crippen MR) is 141 cm³/mol. The van der Waals surface area contributed by atoms with Crippen LogP contribution < -0.4 is 9.62 Å². The molecular weight excluding hydrogens is 534 g/mol. The monoisotopic (exact) mass is 565 g/mol. The summed E-state index contributed by atoms with van der Waals surface area (Å²) in [5, 5.41) is 2.84. The fourth-order valence-electron chi connectivity index (χ4n) is 3.32. The summed E-state index contributed by atoms with van der Waals surface area (Å²) in [5.41, 5.74) is 1.32. The molecule has 8 nitrogen and oxygen atoms in total. The lowest BCUT2D eigenvalue weighted by molar-refractivity contribution is -0.139. The number of halogens is 1. The van der Waals surface area contributed by atoms with E-state index in [1.165, 1.54) is 24.0 Å². The first kappa shape index (κ1) is 28.5. The van der Waals surface area contributed by atoms with Gasteiger partial charge < -0.3 is 10.2 Å². The van der Waals surface area contributed by atoms with Gasteiger partial charge in [-0.2, -0.15) is 0 Å². The van der Waals surface area contributed by atoms with Crippen LogP contribution in [-0.4, -0.2) is 56.3 Å². The highest BCUT2D eigenvalue weighted by molar-refractivity contribution is 9.10. The molecule has 0 unspecified atom stereocenters. The van der Waals surface area contributed by atoms with Crippen molar-refractivity contribution in [3.8, 4) is 0 Å². The number of hydrogen-bond acceptors (Lipinski definition) is 5. The lowest BCUT2D eigenvalue weighted by Crippen LogP contribution is -2.51. The van der Waals surface area contributed by atoms with Crippen LogP contribution in [0, 0.1) is 5.92 Å². The number of nitrogens with one attached hydrogen (secondary N) is 1. The van der Waals surface area contributed by atoms with Crippen molar-refractivity contribution in [2.75, 3.05) is 23.7 Å². The van der Waals surface area contributed by atoms with E-state index < -0.39 is 28.5 Å². The highest BCUT2D eigenvalue weighted by atomic mass is 79.9. The number of rotatable bonds is 11. The highest BCUT2D eigenvalue weighted by Crippen LogP contribution is 2.21. The number of carbonyl (C=O) groups is 3. The summed E-state index contributed by atoms with van der Waals surface area (Å²) in [6, 6.07) is 12.6. The van der Waals surface area contributed by atoms with Crippen LogP contribution in [0.4, 0.5) is 5.69 Å². The zero-order valence-electron chi connectivity index (χ0n) is 20.6. The Balaban J connectivity index is 2.39. The Hall–Kier alpha value is -2.72. The van der Waals surface area contributed by atoms with Crippen molar-refractivity contribution in [2.24, 2.45) is 5.92 Å². The van der Waals surface area contributed by atoms with Crippen molar-refractivity contribution >= 4 is 49.2 Å². The van der Waals surface area contributed by atoms with Gasteiger partial charge in [-0.3, -0.25) is 18.7 Å². The minimum absolute atomic E-state index is 0.119. The van der Waals surface area contributed by atoms with E-state index in [1.807, 2.05) is 38.1 Å². The Morgan fingerprint density at radius 2 is 1.66 bits per heavy atom. The average Bonchev–Trinajstić information content (AvgIpc) is 2.79. The largest absolute Gasteiger partial charge is 0.354 e. The molecule has 1 N–H and O–H groups in total. The fourth-order valence-corrected chi connectivity index (χ4v) is 4.42. The van der Waals surface area contributed by atoms with E-state index in [9.17, 15) is 22.8 Å². The molecule has 10 heteroatoms. The third-order valence-corrected chi connectivity index (χ3v) is 7.01. The van der Waals surface area contributed by atoms with E-state index in [2.05, 4.69) is 21.2 Å². The molecule has 0 aliphatic carbocycles. The number of carbonyl (C=O) groups excluding carboxylic acids is 3. The molecule has 0 radical (unpaired) electrons. The Morgan fingerprint density at radius 1 is 1.03 bits per heavy atom. The molecule has 1 atom stereocenters. The van der Waals surface area contributed by atoms with Crippen LogP contribution in [-0.2, 0) is 26.2 Å². The van der Waals surface area contributed by atoms with Gasteiger partial charge in [-0.25, -0.2) is 8.42 Å². The van der Waals surface area contributed by atoms with Crippen LogP contribution in [0.15, 0.2) is 53.0 Å². The Kier molecular flexibility index (Phi) is 10.0. The normalized spacial score (nSPS) is 12.2. The highest BCUT2D eigenvalue weighted by Gasteiger charge is 2.30. The summed E-state index contributed by atoms with van der Waals surface area (Å²) < 4.78 is 27.1. The van der Waals surface area contributed by atoms with Gasteiger partial charge >= 0.3 is 0 Å². The van der Waals surface area contributed by atoms with Crippen LogP contribution in [0.5, 0.6) is 0 Å². The first-order valence-corrected chi connectivity index (χ1v) is 13.8. The molecule has 0 aliphatic rings. The van der Waals surface area contributed by atoms with E-state index in [-0.39, 0.29) is 29.8 Å². The molecule has 0 saturated heterocycles. The minimum Gasteiger partial charge on any atom is -0.354 e. The van der Waals surface area contributed by atoms with Gasteiger partial charge in [0.1, 0.15) is 12.6 Å². The molecule has 190 valence electrons. The zero-order valence-corrected chi connectivity index (χ0v) is 23.0. The standard InChI is InChI=1S/C25H32BrN3O5S/c1-17(2)14-27-25(32)18(3)28(15-20-9-11-22(26)12-10-20)24(31)16-29(35(5,33)34)23-8-6-7-21(13-23)19(4)30/h6-13,17-18H,14-16H2,1-5H3,(H,27,32)/t18-/m1/s1. The third-order valence-electron chi connectivity index (χ3n) is 5.34. The SMILES string of the molecule is CC(=O)c1cccc(N(CC(=O)N(Cc2ccc(Br)cc2)[C@H](C)C(=O)NCC(C)C)S(C)(=O)=O)c1. The Morgan fingerprint density at radius 3 is 2.20 bits per heavy atom. The molecule has 2 rings (SSSR count). The van der Waals surface area contributed by atoms with Gasteiger partial charge in [-0.05, 0) is 49.6 Å². The molecule has 2 aromatic rings. The molecular formula is C25H32BrN3O5S. The number of amides is 2. The van der Waals surface area contributed by atoms with Crippen LogP contribution in [0.3, 0.4) is 0 Å². The molecule has 0 bridgehead atoms. The lowest BCUT2D eigenvalue weighted by atomic mass is 10.1. The molecule has 2 aromatic carbocycles. The van der Waals surface area contributed by atoms with E-state index >= 15 is 0 Å². The smallest absolute Gasteiger partial charge is 0.244 e. The van der Waals surface area contributed by atoms with Gasteiger partial charge in [0.2, 0.25) is 21.8 Å². The van der Waals surface area contributed by atoms with Gasteiger partial charge in [0, 0.05) is 23.1 Å². The topological polar surface area (TPSA) is 104 Å². The summed E-state index contributed by atoms with van der Waals surface area (Å²) in [7, 11) is -3.87. The summed E-state index contributed by atoms with van der Waals surface area (Å²) in [4.78, 5) is 39.5. The molecule has 2 amide bonds. The van der Waals surface area contributed by atoms with Crippen LogP contribution in [0.2, 0.25) is 0 Å². The predicted octanol–water partition coefficient (Wildman–Crippen LogP) is 3.61. The second-order valence-corrected chi connectivity index (χ2v) is 11.7. The average molecular weight is 567 g/mol. The van der Waals surface area contributed by atoms with E-state index in [4.69, 9.17) is 0 Å². The lowest BCUT2D eigenvalue weighted by Gasteiger charge is -2.31. The summed E-state index contributed by atoms with van der Waals surface area (Å²) in [6.07, 6.45) is 0.999. The number of anilines is 1. The van der Waals surface area contributed by atoms with Crippen LogP contribution >= 0.6 is 15.9 Å². The van der Waals surface area contributed by atoms with Gasteiger partial charge in [-0.15, -0.1) is 0 Å². The maximum atomic E-state index is 13.5. The first-order valence-electron chi connectivity index (χ1n) is 11.2. The molecule has 0 fully saturated rings. The molecule has 0 aromatic heterocycles. The van der Waals surface area contributed by atoms with Crippen LogP contribution in [0.1, 0.15) is 43.6 Å². The second kappa shape index (κ2) is 12.3. The van der Waals surface area contributed by atoms with Crippen LogP contribution in [0.25, 0.3) is 0 Å². The van der Waals surface area contributed by atoms with Crippen molar-refractivity contribution in [1.29, 1.82) is 0 Å². The number of Topliss-reactive ketones (excluding diaryl/α,β-unsaturated/α-hetero) is 1. The van der Waals surface area contributed by atoms with Gasteiger partial charge in [0.15, 0.2) is 5.78 Å². The van der Waals surface area contributed by atoms with Crippen molar-refractivity contribution < 1.29 is 22.8 Å². The number of ketones is 1. The summed E-state index contributed by atoms with van der Waals surface area (Å²) >= 11 is 3.38. The Bertz CT molecular complexity index is 1170. The first-order chi connectivity index (χ1) is 16.3. The second-order valence-electron chi connectivity index (χ2n) is 8.84. The molecule has 0 heterocycles. The number of nitrogens with zero attached hydrogens (tertiary/aromatic N) is 2. The molecule has 0 saturated carbocycles. The number of hydrogen-bond donors (Lipinski definition) is 1. The third kappa shape index (κ3) is 8.47.